The summed E-state index contributed by atoms with van der Waals surface area (Å²) in [5.74, 6) is 2.37. The maximum Gasteiger partial charge on any atom is 0.243 e. The van der Waals surface area contributed by atoms with E-state index >= 15 is 0 Å². The standard InChI is InChI=1S/C23H27N3O3/c1-3-23(27)24-15-8-14-22-25-18-10-4-5-11-19(18)26(22)16-9-17-29-21-13-7-6-12-20(21)28-2/h3-7,10-13H,1,8-9,14-17H2,2H3,(H,24,27). The molecule has 0 saturated carbocycles. The number of hydrogen-bond acceptors (Lipinski definition) is 4. The van der Waals surface area contributed by atoms with Crippen LogP contribution in [0.1, 0.15) is 18.7 Å². The minimum atomic E-state index is -0.146. The van der Waals surface area contributed by atoms with E-state index in [1.165, 1.54) is 6.08 Å². The van der Waals surface area contributed by atoms with Crippen molar-refractivity contribution in [2.45, 2.75) is 25.8 Å². The zero-order chi connectivity index (χ0) is 20.5. The second kappa shape index (κ2) is 10.3. The van der Waals surface area contributed by atoms with Crippen molar-refractivity contribution in [3.8, 4) is 11.5 Å². The Hall–Kier alpha value is -3.28. The molecule has 1 aromatic heterocycles. The SMILES string of the molecule is C=CC(=O)NCCCc1nc2ccccc2n1CCCOc1ccccc1OC. The molecule has 0 aliphatic carbocycles. The lowest BCUT2D eigenvalue weighted by Crippen LogP contribution is -2.22. The Morgan fingerprint density at radius 2 is 1.90 bits per heavy atom. The average Bonchev–Trinajstić information content (AvgIpc) is 3.11. The number of para-hydroxylation sites is 4. The molecule has 0 aliphatic rings. The number of carbonyl (C=O) groups is 1. The molecule has 0 saturated heterocycles. The fraction of sp³-hybridized carbons (Fsp3) is 0.304. The first-order chi connectivity index (χ1) is 14.2. The normalized spacial score (nSPS) is 10.7. The number of aryl methyl sites for hydroxylation is 2. The van der Waals surface area contributed by atoms with E-state index in [2.05, 4.69) is 22.5 Å². The topological polar surface area (TPSA) is 65.4 Å². The van der Waals surface area contributed by atoms with Gasteiger partial charge in [0.15, 0.2) is 11.5 Å². The maximum absolute atomic E-state index is 11.3. The van der Waals surface area contributed by atoms with Crippen LogP contribution in [0.25, 0.3) is 11.0 Å². The summed E-state index contributed by atoms with van der Waals surface area (Å²) in [5, 5.41) is 2.81. The lowest BCUT2D eigenvalue weighted by molar-refractivity contribution is -0.116. The summed E-state index contributed by atoms with van der Waals surface area (Å²) in [6, 6.07) is 15.8. The summed E-state index contributed by atoms with van der Waals surface area (Å²) in [5.41, 5.74) is 2.11. The van der Waals surface area contributed by atoms with Gasteiger partial charge in [0.25, 0.3) is 0 Å². The summed E-state index contributed by atoms with van der Waals surface area (Å²) >= 11 is 0. The van der Waals surface area contributed by atoms with Crippen molar-refractivity contribution in [3.05, 3.63) is 67.0 Å². The molecule has 0 radical (unpaired) electrons. The third-order valence-corrected chi connectivity index (χ3v) is 4.65. The molecule has 3 rings (SSSR count). The third-order valence-electron chi connectivity index (χ3n) is 4.65. The number of nitrogens with zero attached hydrogens (tertiary/aromatic N) is 2. The number of amides is 1. The Morgan fingerprint density at radius 3 is 2.69 bits per heavy atom. The molecule has 1 N–H and O–H groups in total. The van der Waals surface area contributed by atoms with Gasteiger partial charge in [-0.2, -0.15) is 0 Å². The Balaban J connectivity index is 1.61. The first kappa shape index (κ1) is 20.5. The Kier molecular flexibility index (Phi) is 7.28. The van der Waals surface area contributed by atoms with Crippen molar-refractivity contribution in [1.29, 1.82) is 0 Å². The van der Waals surface area contributed by atoms with Crippen molar-refractivity contribution >= 4 is 16.9 Å². The van der Waals surface area contributed by atoms with E-state index in [9.17, 15) is 4.79 Å². The molecule has 0 fully saturated rings. The average molecular weight is 393 g/mol. The molecule has 6 nitrogen and oxygen atoms in total. The number of nitrogens with one attached hydrogen (secondary N) is 1. The number of carbonyl (C=O) groups excluding carboxylic acids is 1. The van der Waals surface area contributed by atoms with E-state index in [1.807, 2.05) is 42.5 Å². The predicted molar refractivity (Wildman–Crippen MR) is 114 cm³/mol. The zero-order valence-corrected chi connectivity index (χ0v) is 16.8. The molecule has 29 heavy (non-hydrogen) atoms. The first-order valence-corrected chi connectivity index (χ1v) is 9.83. The molecule has 6 heteroatoms. The quantitative estimate of drug-likeness (QED) is 0.398. The first-order valence-electron chi connectivity index (χ1n) is 9.83. The zero-order valence-electron chi connectivity index (χ0n) is 16.8. The molecule has 0 unspecified atom stereocenters. The number of methoxy groups -OCH3 is 1. The van der Waals surface area contributed by atoms with Gasteiger partial charge in [-0.3, -0.25) is 4.79 Å². The molecule has 0 atom stereocenters. The van der Waals surface area contributed by atoms with E-state index in [1.54, 1.807) is 7.11 Å². The monoisotopic (exact) mass is 393 g/mol. The second-order valence-corrected chi connectivity index (χ2v) is 6.62. The van der Waals surface area contributed by atoms with Gasteiger partial charge in [-0.15, -0.1) is 0 Å². The molecular formula is C23H27N3O3. The van der Waals surface area contributed by atoms with Crippen molar-refractivity contribution in [2.24, 2.45) is 0 Å². The smallest absolute Gasteiger partial charge is 0.243 e. The van der Waals surface area contributed by atoms with Gasteiger partial charge in [-0.1, -0.05) is 30.8 Å². The van der Waals surface area contributed by atoms with E-state index in [0.29, 0.717) is 13.2 Å². The highest BCUT2D eigenvalue weighted by Crippen LogP contribution is 2.26. The molecule has 2 aromatic carbocycles. The van der Waals surface area contributed by atoms with Gasteiger partial charge < -0.3 is 19.4 Å². The van der Waals surface area contributed by atoms with Gasteiger partial charge in [-0.05, 0) is 43.2 Å². The van der Waals surface area contributed by atoms with E-state index in [0.717, 1.165) is 54.2 Å². The number of fused-ring (bicyclic) bond motifs is 1. The second-order valence-electron chi connectivity index (χ2n) is 6.62. The molecular weight excluding hydrogens is 366 g/mol. The molecule has 0 bridgehead atoms. The van der Waals surface area contributed by atoms with Crippen LogP contribution in [0.3, 0.4) is 0 Å². The predicted octanol–water partition coefficient (Wildman–Crippen LogP) is 3.75. The van der Waals surface area contributed by atoms with Crippen LogP contribution in [0.15, 0.2) is 61.2 Å². The van der Waals surface area contributed by atoms with Gasteiger partial charge in [0, 0.05) is 19.5 Å². The molecule has 3 aromatic rings. The minimum Gasteiger partial charge on any atom is -0.493 e. The van der Waals surface area contributed by atoms with Crippen LogP contribution in [0.5, 0.6) is 11.5 Å². The van der Waals surface area contributed by atoms with Gasteiger partial charge in [0.2, 0.25) is 5.91 Å². The van der Waals surface area contributed by atoms with Crippen LogP contribution in [0, 0.1) is 0 Å². The number of aromatic nitrogens is 2. The van der Waals surface area contributed by atoms with Crippen molar-refractivity contribution in [2.75, 3.05) is 20.3 Å². The molecule has 152 valence electrons. The van der Waals surface area contributed by atoms with Crippen LogP contribution in [-0.4, -0.2) is 35.7 Å². The van der Waals surface area contributed by atoms with Crippen LogP contribution >= 0.6 is 0 Å². The van der Waals surface area contributed by atoms with Crippen LogP contribution < -0.4 is 14.8 Å². The summed E-state index contributed by atoms with van der Waals surface area (Å²) in [7, 11) is 1.64. The molecule has 1 heterocycles. The van der Waals surface area contributed by atoms with E-state index < -0.39 is 0 Å². The van der Waals surface area contributed by atoms with Gasteiger partial charge in [-0.25, -0.2) is 4.98 Å². The van der Waals surface area contributed by atoms with Gasteiger partial charge >= 0.3 is 0 Å². The minimum absolute atomic E-state index is 0.146. The van der Waals surface area contributed by atoms with Gasteiger partial charge in [0.1, 0.15) is 5.82 Å². The molecule has 1 amide bonds. The van der Waals surface area contributed by atoms with Crippen molar-refractivity contribution < 1.29 is 14.3 Å². The van der Waals surface area contributed by atoms with Crippen LogP contribution in [-0.2, 0) is 17.8 Å². The fourth-order valence-electron chi connectivity index (χ4n) is 3.24. The molecule has 0 aliphatic heterocycles. The Bertz CT molecular complexity index is 965. The Morgan fingerprint density at radius 1 is 1.14 bits per heavy atom. The number of hydrogen-bond donors (Lipinski definition) is 1. The van der Waals surface area contributed by atoms with Crippen molar-refractivity contribution in [1.82, 2.24) is 14.9 Å². The number of benzene rings is 2. The summed E-state index contributed by atoms with van der Waals surface area (Å²) in [4.78, 5) is 16.1. The number of imidazole rings is 1. The third kappa shape index (κ3) is 5.38. The molecule has 0 spiro atoms. The van der Waals surface area contributed by atoms with E-state index in [-0.39, 0.29) is 5.91 Å². The highest BCUT2D eigenvalue weighted by Gasteiger charge is 2.10. The number of rotatable bonds is 11. The Labute approximate surface area is 171 Å². The largest absolute Gasteiger partial charge is 0.493 e. The lowest BCUT2D eigenvalue weighted by atomic mass is 10.2. The van der Waals surface area contributed by atoms with Gasteiger partial charge in [0.05, 0.1) is 24.8 Å². The fourth-order valence-corrected chi connectivity index (χ4v) is 3.24. The number of ether oxygens (including phenoxy) is 2. The summed E-state index contributed by atoms with van der Waals surface area (Å²) < 4.78 is 13.5. The highest BCUT2D eigenvalue weighted by atomic mass is 16.5. The van der Waals surface area contributed by atoms with E-state index in [4.69, 9.17) is 14.5 Å². The lowest BCUT2D eigenvalue weighted by Gasteiger charge is -2.12. The summed E-state index contributed by atoms with van der Waals surface area (Å²) in [6.07, 6.45) is 3.75. The highest BCUT2D eigenvalue weighted by molar-refractivity contribution is 5.86. The van der Waals surface area contributed by atoms with Crippen molar-refractivity contribution in [3.63, 3.8) is 0 Å². The maximum atomic E-state index is 11.3. The van der Waals surface area contributed by atoms with Crippen LogP contribution in [0.4, 0.5) is 0 Å². The summed E-state index contributed by atoms with van der Waals surface area (Å²) in [6.45, 7) is 5.46. The van der Waals surface area contributed by atoms with Crippen LogP contribution in [0.2, 0.25) is 0 Å².